The van der Waals surface area contributed by atoms with Crippen LogP contribution in [0.2, 0.25) is 5.15 Å². The molecule has 1 unspecified atom stereocenters. The second-order valence-corrected chi connectivity index (χ2v) is 6.97. The average molecular weight is 417 g/mol. The average Bonchev–Trinajstić information content (AvgIpc) is 2.94. The number of aryl methyl sites for hydroxylation is 1. The first-order valence-electron chi connectivity index (χ1n) is 7.37. The van der Waals surface area contributed by atoms with Gasteiger partial charge in [0.2, 0.25) is 11.8 Å². The molecule has 0 aliphatic carbocycles. The Morgan fingerprint density at radius 3 is 2.96 bits per heavy atom. The number of nitrogens with two attached hydrogens (primary N) is 1. The molecule has 8 heteroatoms. The molecule has 6 nitrogen and oxygen atoms in total. The van der Waals surface area contributed by atoms with Gasteiger partial charge >= 0.3 is 0 Å². The van der Waals surface area contributed by atoms with Crippen molar-refractivity contribution in [3.05, 3.63) is 62.2 Å². The Labute approximate surface area is 156 Å². The van der Waals surface area contributed by atoms with Crippen LogP contribution in [0.3, 0.4) is 0 Å². The highest BCUT2D eigenvalue weighted by atomic mass is 79.9. The fourth-order valence-electron chi connectivity index (χ4n) is 3.05. The lowest BCUT2D eigenvalue weighted by molar-refractivity contribution is 0.379. The number of nitrogens with one attached hydrogen (secondary N) is 1. The number of ether oxygens (including phenoxy) is 1. The third-order valence-corrected chi connectivity index (χ3v) is 4.99. The number of benzene rings is 1. The van der Waals surface area contributed by atoms with Gasteiger partial charge in [0.05, 0.1) is 11.4 Å². The molecule has 1 aliphatic rings. The van der Waals surface area contributed by atoms with Gasteiger partial charge in [-0.25, -0.2) is 4.98 Å². The molecule has 124 valence electrons. The molecule has 1 aliphatic heterocycles. The smallest absolute Gasteiger partial charge is 0.244 e. The van der Waals surface area contributed by atoms with E-state index in [9.17, 15) is 5.26 Å². The first-order chi connectivity index (χ1) is 12.0. The number of hydrogen-bond donors (Lipinski definition) is 2. The predicted molar refractivity (Wildman–Crippen MR) is 97.1 cm³/mol. The van der Waals surface area contributed by atoms with Crippen molar-refractivity contribution in [2.24, 2.45) is 5.73 Å². The van der Waals surface area contributed by atoms with E-state index in [2.05, 4.69) is 37.2 Å². The maximum Gasteiger partial charge on any atom is 0.244 e. The summed E-state index contributed by atoms with van der Waals surface area (Å²) in [6, 6.07) is 9.79. The summed E-state index contributed by atoms with van der Waals surface area (Å²) in [4.78, 5) is 4.47. The summed E-state index contributed by atoms with van der Waals surface area (Å²) in [6.45, 7) is 1.86. The molecular weight excluding hydrogens is 406 g/mol. The Balaban J connectivity index is 2.02. The second kappa shape index (κ2) is 5.76. The fraction of sp³-hybridized carbons (Fsp3) is 0.118. The van der Waals surface area contributed by atoms with E-state index < -0.39 is 5.92 Å². The molecule has 0 spiro atoms. The quantitative estimate of drug-likeness (QED) is 0.586. The Morgan fingerprint density at radius 1 is 1.40 bits per heavy atom. The lowest BCUT2D eigenvalue weighted by Gasteiger charge is -2.24. The molecule has 0 fully saturated rings. The molecule has 3 aromatic rings. The van der Waals surface area contributed by atoms with E-state index in [0.29, 0.717) is 16.6 Å². The summed E-state index contributed by atoms with van der Waals surface area (Å²) in [5.41, 5.74) is 9.20. The lowest BCUT2D eigenvalue weighted by atomic mass is 9.84. The van der Waals surface area contributed by atoms with Crippen LogP contribution in [0.5, 0.6) is 5.88 Å². The highest BCUT2D eigenvalue weighted by Crippen LogP contribution is 2.44. The van der Waals surface area contributed by atoms with Gasteiger partial charge in [0, 0.05) is 26.7 Å². The minimum atomic E-state index is -0.490. The summed E-state index contributed by atoms with van der Waals surface area (Å²) in [5, 5.41) is 17.8. The highest BCUT2D eigenvalue weighted by Gasteiger charge is 2.35. The van der Waals surface area contributed by atoms with Crippen molar-refractivity contribution in [3.8, 4) is 11.9 Å². The van der Waals surface area contributed by atoms with Gasteiger partial charge in [-0.15, -0.1) is 5.10 Å². The molecule has 0 radical (unpaired) electrons. The summed E-state index contributed by atoms with van der Waals surface area (Å²) in [6.07, 6.45) is 0. The Hall–Kier alpha value is -2.56. The lowest BCUT2D eigenvalue weighted by Crippen LogP contribution is -2.21. The Morgan fingerprint density at radius 2 is 2.20 bits per heavy atom. The molecular formula is C17H11BrClN5O. The van der Waals surface area contributed by atoms with E-state index >= 15 is 0 Å². The van der Waals surface area contributed by atoms with Crippen LogP contribution in [-0.4, -0.2) is 15.2 Å². The molecule has 0 saturated heterocycles. The third-order valence-electron chi connectivity index (χ3n) is 4.20. The van der Waals surface area contributed by atoms with Crippen molar-refractivity contribution in [2.75, 3.05) is 0 Å². The molecule has 3 heterocycles. The SMILES string of the molecule is Cc1[nH]nc2c1C(c1cc3cc(Br)ccc3nc1Cl)C(C#N)=C(N)O2. The maximum atomic E-state index is 9.63. The molecule has 2 aromatic heterocycles. The number of H-pyrrole nitrogens is 1. The van der Waals surface area contributed by atoms with E-state index in [1.807, 2.05) is 31.2 Å². The van der Waals surface area contributed by atoms with Crippen LogP contribution in [0.15, 0.2) is 40.2 Å². The number of aromatic nitrogens is 3. The Kier molecular flexibility index (Phi) is 3.67. The van der Waals surface area contributed by atoms with Crippen LogP contribution < -0.4 is 10.5 Å². The van der Waals surface area contributed by atoms with E-state index in [1.165, 1.54) is 0 Å². The van der Waals surface area contributed by atoms with E-state index in [0.717, 1.165) is 26.6 Å². The fourth-order valence-corrected chi connectivity index (χ4v) is 3.69. The van der Waals surface area contributed by atoms with Crippen LogP contribution in [0, 0.1) is 18.3 Å². The van der Waals surface area contributed by atoms with E-state index in [-0.39, 0.29) is 11.5 Å². The molecule has 0 saturated carbocycles. The summed E-state index contributed by atoms with van der Waals surface area (Å²) < 4.78 is 6.40. The van der Waals surface area contributed by atoms with E-state index in [1.54, 1.807) is 0 Å². The zero-order valence-electron chi connectivity index (χ0n) is 13.0. The molecule has 0 amide bonds. The van der Waals surface area contributed by atoms with Crippen LogP contribution in [0.1, 0.15) is 22.7 Å². The first kappa shape index (κ1) is 15.9. The number of rotatable bonds is 1. The van der Waals surface area contributed by atoms with Gasteiger partial charge in [0.15, 0.2) is 0 Å². The molecule has 1 aromatic carbocycles. The van der Waals surface area contributed by atoms with Crippen molar-refractivity contribution >= 4 is 38.4 Å². The van der Waals surface area contributed by atoms with Gasteiger partial charge in [-0.3, -0.25) is 5.10 Å². The normalized spacial score (nSPS) is 16.5. The van der Waals surface area contributed by atoms with Gasteiger partial charge < -0.3 is 10.5 Å². The molecule has 1 atom stereocenters. The monoisotopic (exact) mass is 415 g/mol. The predicted octanol–water partition coefficient (Wildman–Crippen LogP) is 3.90. The Bertz CT molecular complexity index is 1100. The number of nitriles is 1. The topological polar surface area (TPSA) is 101 Å². The summed E-state index contributed by atoms with van der Waals surface area (Å²) in [7, 11) is 0. The van der Waals surface area contributed by atoms with Crippen molar-refractivity contribution < 1.29 is 4.74 Å². The number of hydrogen-bond acceptors (Lipinski definition) is 5. The number of allylic oxidation sites excluding steroid dienone is 1. The van der Waals surface area contributed by atoms with Crippen molar-refractivity contribution in [2.45, 2.75) is 12.8 Å². The van der Waals surface area contributed by atoms with Crippen LogP contribution in [-0.2, 0) is 0 Å². The molecule has 4 rings (SSSR count). The number of halogens is 2. The van der Waals surface area contributed by atoms with Crippen LogP contribution >= 0.6 is 27.5 Å². The maximum absolute atomic E-state index is 9.63. The number of pyridine rings is 1. The number of fused-ring (bicyclic) bond motifs is 2. The summed E-state index contributed by atoms with van der Waals surface area (Å²) >= 11 is 9.93. The zero-order chi connectivity index (χ0) is 17.7. The highest BCUT2D eigenvalue weighted by molar-refractivity contribution is 9.10. The second-order valence-electron chi connectivity index (χ2n) is 5.70. The van der Waals surface area contributed by atoms with Crippen molar-refractivity contribution in [3.63, 3.8) is 0 Å². The number of nitrogens with zero attached hydrogens (tertiary/aromatic N) is 3. The van der Waals surface area contributed by atoms with Gasteiger partial charge in [-0.05, 0) is 31.2 Å². The minimum absolute atomic E-state index is 0.0249. The molecule has 0 bridgehead atoms. The molecule has 3 N–H and O–H groups in total. The van der Waals surface area contributed by atoms with Gasteiger partial charge in [-0.1, -0.05) is 27.5 Å². The molecule has 25 heavy (non-hydrogen) atoms. The van der Waals surface area contributed by atoms with E-state index in [4.69, 9.17) is 22.1 Å². The standard InChI is InChI=1S/C17H11BrClN5O/c1-7-13-14(11(6-20)16(21)25-17(13)24-23-7)10-5-8-4-9(18)2-3-12(8)22-15(10)19/h2-5,14H,21H2,1H3,(H,23,24). The third kappa shape index (κ3) is 2.46. The van der Waals surface area contributed by atoms with Gasteiger partial charge in [0.25, 0.3) is 0 Å². The summed E-state index contributed by atoms with van der Waals surface area (Å²) in [5.74, 6) is -0.114. The van der Waals surface area contributed by atoms with Crippen molar-refractivity contribution in [1.29, 1.82) is 5.26 Å². The van der Waals surface area contributed by atoms with Crippen LogP contribution in [0.4, 0.5) is 0 Å². The van der Waals surface area contributed by atoms with Crippen molar-refractivity contribution in [1.82, 2.24) is 15.2 Å². The van der Waals surface area contributed by atoms with Crippen LogP contribution in [0.25, 0.3) is 10.9 Å². The minimum Gasteiger partial charge on any atom is -0.420 e. The van der Waals surface area contributed by atoms with Gasteiger partial charge in [-0.2, -0.15) is 5.26 Å². The van der Waals surface area contributed by atoms with Gasteiger partial charge in [0.1, 0.15) is 16.8 Å². The zero-order valence-corrected chi connectivity index (χ0v) is 15.3. The number of aromatic amines is 1. The first-order valence-corrected chi connectivity index (χ1v) is 8.55. The largest absolute Gasteiger partial charge is 0.420 e.